The van der Waals surface area contributed by atoms with Crippen molar-refractivity contribution in [3.8, 4) is 0 Å². The van der Waals surface area contributed by atoms with E-state index in [1.807, 2.05) is 0 Å². The maximum absolute atomic E-state index is 7.25. The molecule has 1 aromatic rings. The quantitative estimate of drug-likeness (QED) is 0.446. The molecule has 0 aliphatic heterocycles. The molecule has 0 amide bonds. The minimum Gasteiger partial charge on any atom is -0.231 e. The van der Waals surface area contributed by atoms with E-state index in [2.05, 4.69) is 25.9 Å². The number of hydrogen-bond acceptors (Lipinski definition) is 2. The van der Waals surface area contributed by atoms with E-state index in [4.69, 9.17) is 6.85 Å². The second-order valence-electron chi connectivity index (χ2n) is 1.08. The first kappa shape index (κ1) is 2.06. The third-order valence-electron chi connectivity index (χ3n) is 0.527. The molecule has 0 atom stereocenters. The van der Waals surface area contributed by atoms with Crippen LogP contribution in [0.15, 0.2) is 16.9 Å². The summed E-state index contributed by atoms with van der Waals surface area (Å²) in [6.07, 6.45) is -0.395. The van der Waals surface area contributed by atoms with Gasteiger partial charge >= 0.3 is 0 Å². The molecule has 0 unspecified atom stereocenters. The predicted octanol–water partition coefficient (Wildman–Crippen LogP) is 1.55. The summed E-state index contributed by atoms with van der Waals surface area (Å²) in [5.74, 6) is 0. The summed E-state index contributed by atoms with van der Waals surface area (Å²) in [6, 6.07) is -0.455. The second kappa shape index (κ2) is 2.22. The molecule has 0 fully saturated rings. The zero-order valence-electron chi connectivity index (χ0n) is 8.77. The lowest BCUT2D eigenvalue weighted by molar-refractivity contribution is 1.06. The molecular formula is C5H5BrN2. The summed E-state index contributed by atoms with van der Waals surface area (Å²) in [5.41, 5.74) is -0.403. The molecule has 8 heavy (non-hydrogen) atoms. The number of aryl methyl sites for hydroxylation is 1. The van der Waals surface area contributed by atoms with Gasteiger partial charge in [0.25, 0.3) is 0 Å². The summed E-state index contributed by atoms with van der Waals surface area (Å²) in [5, 5.41) is 0. The van der Waals surface area contributed by atoms with Crippen LogP contribution in [-0.4, -0.2) is 9.97 Å². The zero-order chi connectivity index (χ0) is 10.2. The Morgan fingerprint density at radius 3 is 3.62 bits per heavy atom. The lowest BCUT2D eigenvalue weighted by Gasteiger charge is -1.87. The van der Waals surface area contributed by atoms with Crippen molar-refractivity contribution in [2.24, 2.45) is 0 Å². The fourth-order valence-electron chi connectivity index (χ4n) is 0.272. The molecule has 42 valence electrons. The molecule has 3 heteroatoms. The van der Waals surface area contributed by atoms with Crippen LogP contribution in [0.4, 0.5) is 0 Å². The van der Waals surface area contributed by atoms with Crippen molar-refractivity contribution in [2.45, 2.75) is 6.85 Å². The molecule has 1 heterocycles. The minimum atomic E-state index is -2.47. The average molecular weight is 179 g/mol. The first-order valence-electron chi connectivity index (χ1n) is 4.33. The maximum atomic E-state index is 7.25. The van der Waals surface area contributed by atoms with Crippen LogP contribution in [0.1, 0.15) is 12.5 Å². The highest BCUT2D eigenvalue weighted by molar-refractivity contribution is 9.10. The standard InChI is InChI=1S/C5H5BrN2/c1-4-2-3-7-5(6)8-4/h2-3H,1H3/i1+1D3,2D,3D. The van der Waals surface area contributed by atoms with Crippen molar-refractivity contribution in [1.82, 2.24) is 9.97 Å². The van der Waals surface area contributed by atoms with Gasteiger partial charge in [-0.25, -0.2) is 9.97 Å². The lowest BCUT2D eigenvalue weighted by atomic mass is 10.6. The van der Waals surface area contributed by atoms with Gasteiger partial charge in [-0.3, -0.25) is 0 Å². The Morgan fingerprint density at radius 2 is 2.88 bits per heavy atom. The Bertz CT molecular complexity index is 336. The van der Waals surface area contributed by atoms with E-state index in [-0.39, 0.29) is 4.73 Å². The van der Waals surface area contributed by atoms with Crippen molar-refractivity contribution in [1.29, 1.82) is 0 Å². The van der Waals surface area contributed by atoms with Crippen molar-refractivity contribution < 1.29 is 6.85 Å². The number of aromatic nitrogens is 2. The number of nitrogens with zero attached hydrogens (tertiary/aromatic N) is 2. The first-order valence-corrected chi connectivity index (χ1v) is 2.63. The molecule has 1 rings (SSSR count). The summed E-state index contributed by atoms with van der Waals surface area (Å²) in [7, 11) is 0. The number of hydrogen-bond donors (Lipinski definition) is 0. The maximum Gasteiger partial charge on any atom is 0.196 e. The fraction of sp³-hybridized carbons (Fsp3) is 0.200. The molecule has 0 saturated carbocycles. The van der Waals surface area contributed by atoms with Crippen molar-refractivity contribution in [3.63, 3.8) is 0 Å². The van der Waals surface area contributed by atoms with Crippen LogP contribution in [0, 0.1) is 6.85 Å². The largest absolute Gasteiger partial charge is 0.231 e. The highest BCUT2D eigenvalue weighted by Crippen LogP contribution is 1.99. The van der Waals surface area contributed by atoms with E-state index in [1.165, 1.54) is 0 Å². The van der Waals surface area contributed by atoms with Crippen LogP contribution in [0.2, 0.25) is 0 Å². The molecule has 0 N–H and O–H groups in total. The molecule has 2 nitrogen and oxygen atoms in total. The second-order valence-corrected chi connectivity index (χ2v) is 1.79. The molecule has 0 bridgehead atoms. The Morgan fingerprint density at radius 1 is 2.00 bits per heavy atom. The van der Waals surface area contributed by atoms with Crippen LogP contribution >= 0.6 is 15.9 Å². The van der Waals surface area contributed by atoms with Crippen LogP contribution in [0.5, 0.6) is 0 Å². The Labute approximate surface area is 63.1 Å². The van der Waals surface area contributed by atoms with Gasteiger partial charge in [0.1, 0.15) is 0 Å². The van der Waals surface area contributed by atoms with E-state index >= 15 is 0 Å². The SMILES string of the molecule is [2H]c1nc(Br)nc([13C]([2H])([2H])[2H])c1[2H]. The van der Waals surface area contributed by atoms with E-state index < -0.39 is 24.8 Å². The van der Waals surface area contributed by atoms with Gasteiger partial charge in [0.2, 0.25) is 0 Å². The molecule has 0 spiro atoms. The van der Waals surface area contributed by atoms with Crippen molar-refractivity contribution in [2.75, 3.05) is 0 Å². The van der Waals surface area contributed by atoms with Crippen LogP contribution < -0.4 is 0 Å². The summed E-state index contributed by atoms with van der Waals surface area (Å²) < 4.78 is 35.5. The monoisotopic (exact) mass is 178 g/mol. The first-order chi connectivity index (χ1) is 5.82. The van der Waals surface area contributed by atoms with E-state index in [0.717, 1.165) is 0 Å². The molecule has 1 aromatic heterocycles. The topological polar surface area (TPSA) is 25.8 Å². The van der Waals surface area contributed by atoms with E-state index in [0.29, 0.717) is 0 Å². The third kappa shape index (κ3) is 1.26. The van der Waals surface area contributed by atoms with Gasteiger partial charge in [-0.05, 0) is 28.8 Å². The molecule has 0 radical (unpaired) electrons. The number of rotatable bonds is 0. The van der Waals surface area contributed by atoms with Gasteiger partial charge in [0, 0.05) is 16.0 Å². The highest BCUT2D eigenvalue weighted by atomic mass is 79.9. The van der Waals surface area contributed by atoms with Crippen molar-refractivity contribution >= 4 is 15.9 Å². The summed E-state index contributed by atoms with van der Waals surface area (Å²) >= 11 is 2.86. The Kier molecular flexibility index (Phi) is 0.572. The van der Waals surface area contributed by atoms with Gasteiger partial charge in [-0.2, -0.15) is 0 Å². The van der Waals surface area contributed by atoms with Gasteiger partial charge < -0.3 is 0 Å². The fourth-order valence-corrected chi connectivity index (χ4v) is 0.538. The summed E-state index contributed by atoms with van der Waals surface area (Å²) in [4.78, 5) is 7.02. The normalized spacial score (nSPS) is 19.9. The lowest BCUT2D eigenvalue weighted by Crippen LogP contribution is -1.82. The van der Waals surface area contributed by atoms with E-state index in [1.54, 1.807) is 0 Å². The molecule has 0 aromatic carbocycles. The van der Waals surface area contributed by atoms with Gasteiger partial charge in [0.05, 0.1) is 2.74 Å². The molecule has 0 saturated heterocycles. The van der Waals surface area contributed by atoms with Gasteiger partial charge in [-0.1, -0.05) is 0 Å². The third-order valence-corrected chi connectivity index (χ3v) is 0.881. The van der Waals surface area contributed by atoms with Crippen LogP contribution in [-0.2, 0) is 0 Å². The number of halogens is 1. The molecule has 0 aliphatic carbocycles. The Hall–Kier alpha value is -0.440. The minimum absolute atomic E-state index is 0.0135. The highest BCUT2D eigenvalue weighted by Gasteiger charge is 1.85. The van der Waals surface area contributed by atoms with Gasteiger partial charge in [0.15, 0.2) is 4.73 Å². The van der Waals surface area contributed by atoms with E-state index in [9.17, 15) is 0 Å². The Balaban J connectivity index is 3.37. The average Bonchev–Trinajstić information content (AvgIpc) is 1.94. The predicted molar refractivity (Wildman–Crippen MR) is 34.5 cm³/mol. The van der Waals surface area contributed by atoms with Crippen LogP contribution in [0.25, 0.3) is 0 Å². The van der Waals surface area contributed by atoms with Crippen molar-refractivity contribution in [3.05, 3.63) is 22.6 Å². The molecule has 0 aliphatic rings. The zero-order valence-corrected chi connectivity index (χ0v) is 5.36. The smallest absolute Gasteiger partial charge is 0.196 e. The van der Waals surface area contributed by atoms with Gasteiger partial charge in [-0.15, -0.1) is 0 Å². The summed E-state index contributed by atoms with van der Waals surface area (Å²) in [6.45, 7) is -2.47. The molecular weight excluding hydrogens is 169 g/mol. The van der Waals surface area contributed by atoms with Crippen LogP contribution in [0.3, 0.4) is 0 Å².